The topological polar surface area (TPSA) is 59.8 Å². The molecule has 1 amide bonds. The molecular formula is C17H14F2N4OS. The summed E-state index contributed by atoms with van der Waals surface area (Å²) >= 11 is 0.449. The van der Waals surface area contributed by atoms with Gasteiger partial charge in [-0.3, -0.25) is 9.36 Å². The first-order chi connectivity index (χ1) is 12.1. The Hall–Kier alpha value is -2.74. The quantitative estimate of drug-likeness (QED) is 0.684. The lowest BCUT2D eigenvalue weighted by Gasteiger charge is -2.07. The summed E-state index contributed by atoms with van der Waals surface area (Å²) in [7, 11) is 0. The van der Waals surface area contributed by atoms with Gasteiger partial charge in [0, 0.05) is 35.6 Å². The third-order valence-corrected chi connectivity index (χ3v) is 4.10. The second kappa shape index (κ2) is 7.89. The van der Waals surface area contributed by atoms with Gasteiger partial charge in [0.2, 0.25) is 0 Å². The second-order valence-electron chi connectivity index (χ2n) is 5.08. The van der Waals surface area contributed by atoms with Gasteiger partial charge in [0.05, 0.1) is 0 Å². The first kappa shape index (κ1) is 17.1. The van der Waals surface area contributed by atoms with E-state index in [0.29, 0.717) is 28.8 Å². The number of imidazole rings is 1. The lowest BCUT2D eigenvalue weighted by molar-refractivity contribution is 0.0951. The molecule has 0 spiro atoms. The number of carbonyl (C=O) groups is 1. The Morgan fingerprint density at radius 1 is 1.20 bits per heavy atom. The summed E-state index contributed by atoms with van der Waals surface area (Å²) in [6.07, 6.45) is 6.79. The maximum Gasteiger partial charge on any atom is 0.288 e. The van der Waals surface area contributed by atoms with Crippen LogP contribution >= 0.6 is 11.8 Å². The molecule has 2 heterocycles. The van der Waals surface area contributed by atoms with Crippen molar-refractivity contribution in [3.05, 3.63) is 72.4 Å². The molecule has 3 aromatic rings. The van der Waals surface area contributed by atoms with E-state index < -0.39 is 5.76 Å². The summed E-state index contributed by atoms with van der Waals surface area (Å²) in [5, 5.41) is 2.78. The molecule has 2 aromatic heterocycles. The predicted octanol–water partition coefficient (Wildman–Crippen LogP) is 3.51. The molecule has 1 N–H and O–H groups in total. The first-order valence-electron chi connectivity index (χ1n) is 7.38. The maximum atomic E-state index is 12.3. The number of nitrogens with one attached hydrogen (secondary N) is 1. The maximum absolute atomic E-state index is 12.3. The number of thioether (sulfide) groups is 1. The van der Waals surface area contributed by atoms with Crippen molar-refractivity contribution >= 4 is 17.7 Å². The van der Waals surface area contributed by atoms with Gasteiger partial charge in [0.25, 0.3) is 11.7 Å². The van der Waals surface area contributed by atoms with Gasteiger partial charge in [0.15, 0.2) is 0 Å². The van der Waals surface area contributed by atoms with Crippen LogP contribution in [-0.4, -0.2) is 26.2 Å². The second-order valence-corrected chi connectivity index (χ2v) is 6.14. The fourth-order valence-electron chi connectivity index (χ4n) is 2.14. The summed E-state index contributed by atoms with van der Waals surface area (Å²) in [5.74, 6) is -2.01. The van der Waals surface area contributed by atoms with E-state index in [2.05, 4.69) is 15.3 Å². The lowest BCUT2D eigenvalue weighted by Crippen LogP contribution is -2.22. The molecule has 0 fully saturated rings. The summed E-state index contributed by atoms with van der Waals surface area (Å²) < 4.78 is 26.3. The highest BCUT2D eigenvalue weighted by Crippen LogP contribution is 2.25. The Balaban J connectivity index is 1.56. The highest BCUT2D eigenvalue weighted by molar-refractivity contribution is 7.99. The number of carbonyl (C=O) groups excluding carboxylic acids is 1. The van der Waals surface area contributed by atoms with E-state index in [1.165, 1.54) is 24.3 Å². The fraction of sp³-hybridized carbons (Fsp3) is 0.118. The van der Waals surface area contributed by atoms with Crippen LogP contribution in [0.1, 0.15) is 15.9 Å². The molecule has 0 aliphatic rings. The summed E-state index contributed by atoms with van der Waals surface area (Å²) in [6.45, 7) is 0.323. The summed E-state index contributed by atoms with van der Waals surface area (Å²) in [4.78, 5) is 20.8. The van der Waals surface area contributed by atoms with Crippen molar-refractivity contribution in [1.29, 1.82) is 0 Å². The number of alkyl halides is 2. The van der Waals surface area contributed by atoms with Gasteiger partial charge in [-0.2, -0.15) is 8.78 Å². The van der Waals surface area contributed by atoms with Gasteiger partial charge < -0.3 is 5.32 Å². The third-order valence-electron chi connectivity index (χ3n) is 3.37. The Morgan fingerprint density at radius 3 is 2.60 bits per heavy atom. The summed E-state index contributed by atoms with van der Waals surface area (Å²) in [5.41, 5.74) is 1.27. The molecule has 0 saturated heterocycles. The molecule has 0 saturated carbocycles. The van der Waals surface area contributed by atoms with Crippen LogP contribution in [0.25, 0.3) is 5.82 Å². The Kier molecular flexibility index (Phi) is 5.39. The predicted molar refractivity (Wildman–Crippen MR) is 90.8 cm³/mol. The zero-order valence-corrected chi connectivity index (χ0v) is 13.8. The molecule has 5 nitrogen and oxygen atoms in total. The molecule has 0 bridgehead atoms. The van der Waals surface area contributed by atoms with Crippen molar-refractivity contribution in [1.82, 2.24) is 19.9 Å². The molecule has 0 atom stereocenters. The van der Waals surface area contributed by atoms with E-state index in [-0.39, 0.29) is 5.91 Å². The van der Waals surface area contributed by atoms with E-state index in [1.54, 1.807) is 29.5 Å². The molecule has 25 heavy (non-hydrogen) atoms. The number of nitrogens with zero attached hydrogens (tertiary/aromatic N) is 3. The monoisotopic (exact) mass is 360 g/mol. The van der Waals surface area contributed by atoms with Crippen LogP contribution in [-0.2, 0) is 6.54 Å². The van der Waals surface area contributed by atoms with Crippen LogP contribution in [0.3, 0.4) is 0 Å². The van der Waals surface area contributed by atoms with Gasteiger partial charge in [-0.25, -0.2) is 9.97 Å². The van der Waals surface area contributed by atoms with Crippen molar-refractivity contribution in [3.63, 3.8) is 0 Å². The number of benzene rings is 1. The Bertz CT molecular complexity index is 821. The molecule has 0 unspecified atom stereocenters. The van der Waals surface area contributed by atoms with E-state index in [4.69, 9.17) is 0 Å². The fourth-order valence-corrected chi connectivity index (χ4v) is 2.64. The van der Waals surface area contributed by atoms with Crippen LogP contribution in [0.5, 0.6) is 0 Å². The van der Waals surface area contributed by atoms with Crippen molar-refractivity contribution < 1.29 is 13.6 Å². The molecule has 128 valence electrons. The minimum Gasteiger partial charge on any atom is -0.348 e. The average Bonchev–Trinajstić information content (AvgIpc) is 3.15. The smallest absolute Gasteiger partial charge is 0.288 e. The van der Waals surface area contributed by atoms with E-state index in [1.807, 2.05) is 12.1 Å². The van der Waals surface area contributed by atoms with E-state index >= 15 is 0 Å². The normalized spacial score (nSPS) is 10.8. The zero-order valence-electron chi connectivity index (χ0n) is 13.0. The van der Waals surface area contributed by atoms with Crippen LogP contribution in [0.15, 0.2) is 66.2 Å². The number of hydrogen-bond donors (Lipinski definition) is 1. The van der Waals surface area contributed by atoms with Crippen molar-refractivity contribution in [3.8, 4) is 5.82 Å². The molecule has 3 rings (SSSR count). The molecule has 0 aliphatic heterocycles. The number of rotatable bonds is 6. The van der Waals surface area contributed by atoms with E-state index in [9.17, 15) is 13.6 Å². The van der Waals surface area contributed by atoms with Gasteiger partial charge in [-0.15, -0.1) is 0 Å². The van der Waals surface area contributed by atoms with Gasteiger partial charge >= 0.3 is 0 Å². The van der Waals surface area contributed by atoms with Crippen molar-refractivity contribution in [2.75, 3.05) is 0 Å². The summed E-state index contributed by atoms with van der Waals surface area (Å²) in [6, 6.07) is 9.77. The Morgan fingerprint density at radius 2 is 2.00 bits per heavy atom. The third kappa shape index (κ3) is 4.63. The number of hydrogen-bond acceptors (Lipinski definition) is 4. The lowest BCUT2D eigenvalue weighted by atomic mass is 10.2. The minimum atomic E-state index is -2.47. The Labute approximate surface area is 147 Å². The van der Waals surface area contributed by atoms with Crippen molar-refractivity contribution in [2.24, 2.45) is 0 Å². The SMILES string of the molecule is O=C(NCc1ccc(-n2ccnc2)nc1)c1ccc(SC(F)F)cc1. The average molecular weight is 360 g/mol. The largest absolute Gasteiger partial charge is 0.348 e. The standard InChI is InChI=1S/C17H14F2N4OS/c18-17(19)25-14-4-2-13(3-5-14)16(24)22-10-12-1-6-15(21-9-12)23-8-7-20-11-23/h1-9,11,17H,10H2,(H,22,24). The molecular weight excluding hydrogens is 346 g/mol. The number of amides is 1. The van der Waals surface area contributed by atoms with Gasteiger partial charge in [0.1, 0.15) is 12.1 Å². The van der Waals surface area contributed by atoms with E-state index in [0.717, 1.165) is 11.4 Å². The number of halogens is 2. The molecule has 1 aromatic carbocycles. The van der Waals surface area contributed by atoms with Crippen LogP contribution < -0.4 is 5.32 Å². The van der Waals surface area contributed by atoms with Crippen LogP contribution in [0.2, 0.25) is 0 Å². The zero-order chi connectivity index (χ0) is 17.6. The van der Waals surface area contributed by atoms with Crippen LogP contribution in [0.4, 0.5) is 8.78 Å². The first-order valence-corrected chi connectivity index (χ1v) is 8.26. The molecule has 0 radical (unpaired) electrons. The highest BCUT2D eigenvalue weighted by atomic mass is 32.2. The number of pyridine rings is 1. The molecule has 8 heteroatoms. The van der Waals surface area contributed by atoms with Crippen molar-refractivity contribution in [2.45, 2.75) is 17.2 Å². The van der Waals surface area contributed by atoms with Gasteiger partial charge in [-0.05, 0) is 35.9 Å². The van der Waals surface area contributed by atoms with Crippen LogP contribution in [0, 0.1) is 0 Å². The number of aromatic nitrogens is 3. The highest BCUT2D eigenvalue weighted by Gasteiger charge is 2.08. The minimum absolute atomic E-state index is 0.271. The van der Waals surface area contributed by atoms with Gasteiger partial charge in [-0.1, -0.05) is 17.8 Å². The molecule has 0 aliphatic carbocycles.